The van der Waals surface area contributed by atoms with Gasteiger partial charge in [0.05, 0.1) is 3.79 Å². The zero-order chi connectivity index (χ0) is 18.5. The van der Waals surface area contributed by atoms with Crippen LogP contribution in [0.4, 0.5) is 0 Å². The van der Waals surface area contributed by atoms with Crippen LogP contribution in [0.15, 0.2) is 20.9 Å². The lowest BCUT2D eigenvalue weighted by atomic mass is 10.2. The monoisotopic (exact) mass is 442 g/mol. The highest BCUT2D eigenvalue weighted by Gasteiger charge is 2.24. The highest BCUT2D eigenvalue weighted by atomic mass is 79.9. The standard InChI is InChI=1S/C18H31BrN6S/c1-20-18(21-12-15-13-22(2)6-7-23(15)3)25-10-8-24(9-11-25)14-16-4-5-17(19)26-16/h4-5,15H,6-14H2,1-3H3,(H,20,21). The summed E-state index contributed by atoms with van der Waals surface area (Å²) >= 11 is 5.39. The first-order chi connectivity index (χ1) is 12.5. The summed E-state index contributed by atoms with van der Waals surface area (Å²) in [6, 6.07) is 4.91. The number of aliphatic imine (C=N–C) groups is 1. The van der Waals surface area contributed by atoms with Gasteiger partial charge in [0.15, 0.2) is 5.96 Å². The fraction of sp³-hybridized carbons (Fsp3) is 0.722. The summed E-state index contributed by atoms with van der Waals surface area (Å²) in [6.45, 7) is 9.66. The molecule has 1 atom stereocenters. The molecule has 8 heteroatoms. The molecule has 1 N–H and O–H groups in total. The van der Waals surface area contributed by atoms with E-state index < -0.39 is 0 Å². The molecule has 0 aromatic carbocycles. The van der Waals surface area contributed by atoms with Crippen LogP contribution in [0, 0.1) is 0 Å². The average Bonchev–Trinajstić information content (AvgIpc) is 3.04. The van der Waals surface area contributed by atoms with E-state index in [1.54, 1.807) is 0 Å². The van der Waals surface area contributed by atoms with E-state index in [1.165, 1.54) is 8.66 Å². The van der Waals surface area contributed by atoms with E-state index >= 15 is 0 Å². The molecule has 2 fully saturated rings. The Kier molecular flexibility index (Phi) is 7.34. The van der Waals surface area contributed by atoms with Crippen LogP contribution in [0.5, 0.6) is 0 Å². The molecule has 3 heterocycles. The first kappa shape index (κ1) is 20.1. The van der Waals surface area contributed by atoms with Gasteiger partial charge < -0.3 is 15.1 Å². The number of hydrogen-bond acceptors (Lipinski definition) is 5. The van der Waals surface area contributed by atoms with Crippen LogP contribution in [0.2, 0.25) is 0 Å². The van der Waals surface area contributed by atoms with E-state index in [2.05, 4.69) is 72.1 Å². The number of hydrogen-bond donors (Lipinski definition) is 1. The Balaban J connectivity index is 1.44. The fourth-order valence-electron chi connectivity index (χ4n) is 3.64. The van der Waals surface area contributed by atoms with E-state index in [-0.39, 0.29) is 0 Å². The smallest absolute Gasteiger partial charge is 0.193 e. The molecular formula is C18H31BrN6S. The van der Waals surface area contributed by atoms with E-state index in [4.69, 9.17) is 0 Å². The number of nitrogens with one attached hydrogen (secondary N) is 1. The Morgan fingerprint density at radius 1 is 1.19 bits per heavy atom. The molecule has 0 radical (unpaired) electrons. The van der Waals surface area contributed by atoms with Crippen molar-refractivity contribution in [1.29, 1.82) is 0 Å². The molecular weight excluding hydrogens is 412 g/mol. The van der Waals surface area contributed by atoms with Gasteiger partial charge in [0.2, 0.25) is 0 Å². The molecule has 1 aromatic rings. The summed E-state index contributed by atoms with van der Waals surface area (Å²) in [5.41, 5.74) is 0. The molecule has 2 aliphatic rings. The maximum atomic E-state index is 4.53. The van der Waals surface area contributed by atoms with Crippen molar-refractivity contribution in [3.05, 3.63) is 20.8 Å². The number of nitrogens with zero attached hydrogens (tertiary/aromatic N) is 5. The number of guanidine groups is 1. The quantitative estimate of drug-likeness (QED) is 0.564. The molecule has 1 aromatic heterocycles. The van der Waals surface area contributed by atoms with Crippen LogP contribution in [0.3, 0.4) is 0 Å². The summed E-state index contributed by atoms with van der Waals surface area (Å²) in [5, 5.41) is 3.61. The van der Waals surface area contributed by atoms with Crippen molar-refractivity contribution < 1.29 is 0 Å². The molecule has 3 rings (SSSR count). The minimum absolute atomic E-state index is 0.545. The molecule has 0 aliphatic carbocycles. The third-order valence-electron chi connectivity index (χ3n) is 5.37. The zero-order valence-electron chi connectivity index (χ0n) is 16.1. The van der Waals surface area contributed by atoms with Crippen molar-refractivity contribution in [3.63, 3.8) is 0 Å². The molecule has 0 spiro atoms. The van der Waals surface area contributed by atoms with Gasteiger partial charge in [0.25, 0.3) is 0 Å². The molecule has 2 aliphatic heterocycles. The van der Waals surface area contributed by atoms with Gasteiger partial charge >= 0.3 is 0 Å². The fourth-order valence-corrected chi connectivity index (χ4v) is 5.16. The Labute approximate surface area is 170 Å². The minimum Gasteiger partial charge on any atom is -0.355 e. The van der Waals surface area contributed by atoms with Crippen molar-refractivity contribution >= 4 is 33.2 Å². The molecule has 26 heavy (non-hydrogen) atoms. The van der Waals surface area contributed by atoms with Gasteiger partial charge in [-0.15, -0.1) is 11.3 Å². The summed E-state index contributed by atoms with van der Waals surface area (Å²) in [7, 11) is 6.33. The number of piperazine rings is 2. The van der Waals surface area contributed by atoms with Crippen molar-refractivity contribution in [1.82, 2.24) is 24.9 Å². The predicted octanol–water partition coefficient (Wildman–Crippen LogP) is 1.45. The molecule has 2 saturated heterocycles. The van der Waals surface area contributed by atoms with Crippen molar-refractivity contribution in [2.75, 3.05) is 73.5 Å². The molecule has 0 saturated carbocycles. The van der Waals surface area contributed by atoms with Crippen LogP contribution in [0.25, 0.3) is 0 Å². The van der Waals surface area contributed by atoms with E-state index in [0.29, 0.717) is 6.04 Å². The lowest BCUT2D eigenvalue weighted by molar-refractivity contribution is 0.115. The predicted molar refractivity (Wildman–Crippen MR) is 114 cm³/mol. The van der Waals surface area contributed by atoms with Gasteiger partial charge in [-0.05, 0) is 42.2 Å². The average molecular weight is 443 g/mol. The van der Waals surface area contributed by atoms with Crippen LogP contribution in [-0.2, 0) is 6.54 Å². The summed E-state index contributed by atoms with van der Waals surface area (Å²) in [5.74, 6) is 1.05. The summed E-state index contributed by atoms with van der Waals surface area (Å²) < 4.78 is 1.22. The van der Waals surface area contributed by atoms with Crippen LogP contribution >= 0.6 is 27.3 Å². The SMILES string of the molecule is CN=C(NCC1CN(C)CCN1C)N1CCN(Cc2ccc(Br)s2)CC1. The number of halogens is 1. The second-order valence-corrected chi connectivity index (χ2v) is 9.84. The summed E-state index contributed by atoms with van der Waals surface area (Å²) in [4.78, 5) is 15.8. The van der Waals surface area contributed by atoms with Crippen molar-refractivity contribution in [3.8, 4) is 0 Å². The van der Waals surface area contributed by atoms with Crippen molar-refractivity contribution in [2.45, 2.75) is 12.6 Å². The van der Waals surface area contributed by atoms with Crippen LogP contribution in [-0.4, -0.2) is 105 Å². The van der Waals surface area contributed by atoms with E-state index in [1.807, 2.05) is 18.4 Å². The van der Waals surface area contributed by atoms with Gasteiger partial charge in [-0.3, -0.25) is 14.8 Å². The summed E-state index contributed by atoms with van der Waals surface area (Å²) in [6.07, 6.45) is 0. The topological polar surface area (TPSA) is 37.4 Å². The van der Waals surface area contributed by atoms with E-state index in [0.717, 1.165) is 64.9 Å². The highest BCUT2D eigenvalue weighted by molar-refractivity contribution is 9.11. The minimum atomic E-state index is 0.545. The second-order valence-electron chi connectivity index (χ2n) is 7.29. The first-order valence-electron chi connectivity index (χ1n) is 9.36. The van der Waals surface area contributed by atoms with E-state index in [9.17, 15) is 0 Å². The highest BCUT2D eigenvalue weighted by Crippen LogP contribution is 2.23. The maximum Gasteiger partial charge on any atom is 0.193 e. The van der Waals surface area contributed by atoms with Gasteiger partial charge in [-0.2, -0.15) is 0 Å². The van der Waals surface area contributed by atoms with Gasteiger partial charge in [-0.25, -0.2) is 0 Å². The Bertz CT molecular complexity index is 598. The third-order valence-corrected chi connectivity index (χ3v) is 6.98. The number of rotatable bonds is 4. The van der Waals surface area contributed by atoms with Crippen LogP contribution < -0.4 is 5.32 Å². The number of thiophene rings is 1. The number of likely N-dealkylation sites (N-methyl/N-ethyl adjacent to an activating group) is 2. The molecule has 1 unspecified atom stereocenters. The van der Waals surface area contributed by atoms with Gasteiger partial charge in [0.1, 0.15) is 0 Å². The normalized spacial score (nSPS) is 24.2. The largest absolute Gasteiger partial charge is 0.355 e. The molecule has 0 bridgehead atoms. The van der Waals surface area contributed by atoms with Crippen molar-refractivity contribution in [2.24, 2.45) is 4.99 Å². The maximum absolute atomic E-state index is 4.53. The first-order valence-corrected chi connectivity index (χ1v) is 11.0. The van der Waals surface area contributed by atoms with Gasteiger partial charge in [-0.1, -0.05) is 0 Å². The lowest BCUT2D eigenvalue weighted by Crippen LogP contribution is -2.57. The second kappa shape index (κ2) is 9.50. The Morgan fingerprint density at radius 3 is 2.62 bits per heavy atom. The van der Waals surface area contributed by atoms with Gasteiger partial charge in [0, 0.05) is 76.9 Å². The lowest BCUT2D eigenvalue weighted by Gasteiger charge is -2.40. The molecule has 6 nitrogen and oxygen atoms in total. The molecule has 0 amide bonds. The Hall–Kier alpha value is -0.670. The third kappa shape index (κ3) is 5.42. The Morgan fingerprint density at radius 2 is 1.96 bits per heavy atom. The zero-order valence-corrected chi connectivity index (χ0v) is 18.5. The molecule has 146 valence electrons. The van der Waals surface area contributed by atoms with Crippen LogP contribution in [0.1, 0.15) is 4.88 Å².